The van der Waals surface area contributed by atoms with E-state index in [0.29, 0.717) is 24.4 Å². The monoisotopic (exact) mass is 348 g/mol. The van der Waals surface area contributed by atoms with E-state index in [2.05, 4.69) is 4.90 Å². The number of hydrogen-bond donors (Lipinski definition) is 0. The van der Waals surface area contributed by atoms with Crippen LogP contribution in [0.1, 0.15) is 38.0 Å². The minimum absolute atomic E-state index is 0.0871. The average Bonchev–Trinajstić information content (AvgIpc) is 3.17. The Hall–Kier alpha value is -1.66. The molecular weight excluding hydrogens is 324 g/mol. The number of hydrogen-bond acceptors (Lipinski definition) is 5. The highest BCUT2D eigenvalue weighted by Gasteiger charge is 2.41. The predicted octanol–water partition coefficient (Wildman–Crippen LogP) is 2.74. The average molecular weight is 348 g/mol. The summed E-state index contributed by atoms with van der Waals surface area (Å²) in [5.74, 6) is -0.354. The molecule has 0 bridgehead atoms. The highest BCUT2D eigenvalue weighted by atomic mass is 32.1. The summed E-state index contributed by atoms with van der Waals surface area (Å²) in [6.07, 6.45) is 3.41. The molecule has 0 N–H and O–H groups in total. The van der Waals surface area contributed by atoms with E-state index in [1.165, 1.54) is 22.7 Å². The summed E-state index contributed by atoms with van der Waals surface area (Å²) >= 11 is 1.51. The first-order valence-corrected chi connectivity index (χ1v) is 9.48. The van der Waals surface area contributed by atoms with Crippen molar-refractivity contribution in [3.63, 3.8) is 0 Å². The standard InChI is InChI=1S/C18H24N2O3S/c1-13(2)23-11-10-20-17(21)15(14-7-6-12-24-14)16(18(20)22)19-8-4-3-5-9-19/h6-7,12-13H,3-5,8-11H2,1-2H3. The molecular formula is C18H24N2O3S. The molecule has 24 heavy (non-hydrogen) atoms. The van der Waals surface area contributed by atoms with Gasteiger partial charge in [-0.05, 0) is 44.6 Å². The number of rotatable bonds is 6. The van der Waals surface area contributed by atoms with Crippen LogP contribution in [0, 0.1) is 0 Å². The summed E-state index contributed by atoms with van der Waals surface area (Å²) in [7, 11) is 0. The molecule has 130 valence electrons. The lowest BCUT2D eigenvalue weighted by Crippen LogP contribution is -2.39. The number of carbonyl (C=O) groups excluding carboxylic acids is 2. The Morgan fingerprint density at radius 1 is 1.17 bits per heavy atom. The highest BCUT2D eigenvalue weighted by molar-refractivity contribution is 7.11. The summed E-state index contributed by atoms with van der Waals surface area (Å²) < 4.78 is 5.53. The van der Waals surface area contributed by atoms with Crippen LogP contribution in [0.15, 0.2) is 23.2 Å². The summed E-state index contributed by atoms with van der Waals surface area (Å²) in [5, 5.41) is 1.94. The molecule has 2 aliphatic heterocycles. The largest absolute Gasteiger partial charge is 0.377 e. The van der Waals surface area contributed by atoms with Crippen LogP contribution in [0.2, 0.25) is 0 Å². The molecule has 0 radical (unpaired) electrons. The van der Waals surface area contributed by atoms with Crippen molar-refractivity contribution in [2.75, 3.05) is 26.2 Å². The number of carbonyl (C=O) groups is 2. The number of ether oxygens (including phenoxy) is 1. The van der Waals surface area contributed by atoms with Gasteiger partial charge in [-0.25, -0.2) is 0 Å². The lowest BCUT2D eigenvalue weighted by atomic mass is 10.1. The van der Waals surface area contributed by atoms with Crippen LogP contribution in [-0.4, -0.2) is 54.0 Å². The van der Waals surface area contributed by atoms with Crippen molar-refractivity contribution in [2.24, 2.45) is 0 Å². The molecule has 5 nitrogen and oxygen atoms in total. The van der Waals surface area contributed by atoms with E-state index in [9.17, 15) is 9.59 Å². The number of amides is 2. The van der Waals surface area contributed by atoms with Crippen LogP contribution in [0.5, 0.6) is 0 Å². The van der Waals surface area contributed by atoms with Gasteiger partial charge in [0.25, 0.3) is 11.8 Å². The van der Waals surface area contributed by atoms with Crippen LogP contribution in [0.4, 0.5) is 0 Å². The van der Waals surface area contributed by atoms with Crippen molar-refractivity contribution in [1.82, 2.24) is 9.80 Å². The van der Waals surface area contributed by atoms with Crippen molar-refractivity contribution < 1.29 is 14.3 Å². The molecule has 0 unspecified atom stereocenters. The van der Waals surface area contributed by atoms with Gasteiger partial charge < -0.3 is 9.64 Å². The van der Waals surface area contributed by atoms with Gasteiger partial charge in [-0.1, -0.05) is 6.07 Å². The van der Waals surface area contributed by atoms with Crippen molar-refractivity contribution >= 4 is 28.7 Å². The molecule has 1 saturated heterocycles. The Morgan fingerprint density at radius 3 is 2.54 bits per heavy atom. The lowest BCUT2D eigenvalue weighted by molar-refractivity contribution is -0.138. The van der Waals surface area contributed by atoms with Gasteiger partial charge in [0.1, 0.15) is 5.70 Å². The predicted molar refractivity (Wildman–Crippen MR) is 94.5 cm³/mol. The SMILES string of the molecule is CC(C)OCCN1C(=O)C(c2cccs2)=C(N2CCCCC2)C1=O. The van der Waals surface area contributed by atoms with Crippen molar-refractivity contribution in [3.05, 3.63) is 28.1 Å². The molecule has 1 aromatic rings. The fraction of sp³-hybridized carbons (Fsp3) is 0.556. The van der Waals surface area contributed by atoms with E-state index in [0.717, 1.165) is 30.8 Å². The third kappa shape index (κ3) is 3.39. The lowest BCUT2D eigenvalue weighted by Gasteiger charge is -2.29. The molecule has 0 spiro atoms. The topological polar surface area (TPSA) is 49.9 Å². The molecule has 3 heterocycles. The van der Waals surface area contributed by atoms with E-state index in [4.69, 9.17) is 4.74 Å². The number of piperidine rings is 1. The third-order valence-corrected chi connectivity index (χ3v) is 5.24. The zero-order valence-electron chi connectivity index (χ0n) is 14.3. The van der Waals surface area contributed by atoms with Crippen molar-refractivity contribution in [3.8, 4) is 0 Å². The maximum Gasteiger partial charge on any atom is 0.277 e. The summed E-state index contributed by atoms with van der Waals surface area (Å²) in [4.78, 5) is 30.2. The zero-order valence-corrected chi connectivity index (χ0v) is 15.1. The van der Waals surface area contributed by atoms with Crippen LogP contribution in [-0.2, 0) is 14.3 Å². The first-order chi connectivity index (χ1) is 11.6. The number of nitrogens with zero attached hydrogens (tertiary/aromatic N) is 2. The van der Waals surface area contributed by atoms with Gasteiger partial charge in [0, 0.05) is 18.0 Å². The van der Waals surface area contributed by atoms with Gasteiger partial charge in [-0.2, -0.15) is 0 Å². The molecule has 0 aliphatic carbocycles. The van der Waals surface area contributed by atoms with Crippen LogP contribution in [0.3, 0.4) is 0 Å². The molecule has 2 amide bonds. The van der Waals surface area contributed by atoms with Gasteiger partial charge in [0.05, 0.1) is 24.8 Å². The van der Waals surface area contributed by atoms with Gasteiger partial charge in [-0.3, -0.25) is 14.5 Å². The Morgan fingerprint density at radius 2 is 1.92 bits per heavy atom. The molecule has 0 aromatic carbocycles. The van der Waals surface area contributed by atoms with Gasteiger partial charge >= 0.3 is 0 Å². The van der Waals surface area contributed by atoms with Crippen molar-refractivity contribution in [2.45, 2.75) is 39.2 Å². The first kappa shape index (κ1) is 17.2. The summed E-state index contributed by atoms with van der Waals surface area (Å²) in [5.41, 5.74) is 1.16. The normalized spacial score (nSPS) is 19.1. The molecule has 3 rings (SSSR count). The number of likely N-dealkylation sites (tertiary alicyclic amines) is 1. The highest BCUT2D eigenvalue weighted by Crippen LogP contribution is 2.34. The molecule has 1 aromatic heterocycles. The maximum absolute atomic E-state index is 13.0. The smallest absolute Gasteiger partial charge is 0.277 e. The number of thiophene rings is 1. The van der Waals surface area contributed by atoms with Crippen LogP contribution in [0.25, 0.3) is 5.57 Å². The Balaban J connectivity index is 1.87. The van der Waals surface area contributed by atoms with E-state index in [1.807, 2.05) is 31.4 Å². The second-order valence-electron chi connectivity index (χ2n) is 6.43. The van der Waals surface area contributed by atoms with E-state index >= 15 is 0 Å². The Bertz CT molecular complexity index is 631. The molecule has 1 fully saturated rings. The summed E-state index contributed by atoms with van der Waals surface area (Å²) in [6.45, 7) is 6.27. The first-order valence-electron chi connectivity index (χ1n) is 8.60. The van der Waals surface area contributed by atoms with Crippen LogP contribution < -0.4 is 0 Å². The second-order valence-corrected chi connectivity index (χ2v) is 7.38. The molecule has 2 aliphatic rings. The van der Waals surface area contributed by atoms with Gasteiger partial charge in [0.2, 0.25) is 0 Å². The number of imide groups is 1. The molecule has 0 saturated carbocycles. The fourth-order valence-electron chi connectivity index (χ4n) is 3.20. The Labute approximate surface area is 146 Å². The second kappa shape index (κ2) is 7.49. The molecule has 6 heteroatoms. The Kier molecular flexibility index (Phi) is 5.36. The fourth-order valence-corrected chi connectivity index (χ4v) is 3.96. The molecule has 0 atom stereocenters. The maximum atomic E-state index is 13.0. The minimum Gasteiger partial charge on any atom is -0.377 e. The van der Waals surface area contributed by atoms with Crippen molar-refractivity contribution in [1.29, 1.82) is 0 Å². The van der Waals surface area contributed by atoms with Gasteiger partial charge in [-0.15, -0.1) is 11.3 Å². The third-order valence-electron chi connectivity index (χ3n) is 4.35. The summed E-state index contributed by atoms with van der Waals surface area (Å²) in [6, 6.07) is 3.84. The minimum atomic E-state index is -0.185. The van der Waals surface area contributed by atoms with Gasteiger partial charge in [0.15, 0.2) is 0 Å². The van der Waals surface area contributed by atoms with E-state index in [-0.39, 0.29) is 17.9 Å². The quantitative estimate of drug-likeness (QED) is 0.742. The van der Waals surface area contributed by atoms with Crippen LogP contribution >= 0.6 is 11.3 Å². The van der Waals surface area contributed by atoms with E-state index in [1.54, 1.807) is 0 Å². The zero-order chi connectivity index (χ0) is 17.1. The van der Waals surface area contributed by atoms with E-state index < -0.39 is 0 Å².